The molecule has 0 bridgehead atoms. The van der Waals surface area contributed by atoms with Crippen molar-refractivity contribution in [3.05, 3.63) is 66.9 Å². The summed E-state index contributed by atoms with van der Waals surface area (Å²) in [6.45, 7) is 0. The summed E-state index contributed by atoms with van der Waals surface area (Å²) in [7, 11) is 1.69. The maximum atomic E-state index is 5.44. The molecule has 0 aliphatic rings. The minimum Gasteiger partial charge on any atom is -0.496 e. The van der Waals surface area contributed by atoms with Crippen LogP contribution in [0.1, 0.15) is 0 Å². The van der Waals surface area contributed by atoms with Gasteiger partial charge >= 0.3 is 0 Å². The maximum Gasteiger partial charge on any atom is 0.133 e. The standard InChI is InChI=1S/C17H14O2/c1-18-17-10-9-14(16-8-5-11-19-16)12-15(17)13-6-3-2-4-7-13/h2-12H,1H3. The van der Waals surface area contributed by atoms with Crippen LogP contribution in [0.4, 0.5) is 0 Å². The highest BCUT2D eigenvalue weighted by Crippen LogP contribution is 2.34. The first kappa shape index (κ1) is 11.6. The molecule has 2 nitrogen and oxygen atoms in total. The second-order valence-corrected chi connectivity index (χ2v) is 4.26. The zero-order valence-electron chi connectivity index (χ0n) is 10.7. The lowest BCUT2D eigenvalue weighted by Crippen LogP contribution is -1.88. The van der Waals surface area contributed by atoms with Crippen molar-refractivity contribution in [1.29, 1.82) is 0 Å². The third kappa shape index (κ3) is 2.25. The van der Waals surface area contributed by atoms with E-state index in [2.05, 4.69) is 18.2 Å². The molecule has 0 aliphatic heterocycles. The van der Waals surface area contributed by atoms with Crippen LogP contribution in [-0.2, 0) is 0 Å². The summed E-state index contributed by atoms with van der Waals surface area (Å²) in [4.78, 5) is 0. The molecule has 1 heterocycles. The second kappa shape index (κ2) is 5.02. The van der Waals surface area contributed by atoms with Gasteiger partial charge in [-0.3, -0.25) is 0 Å². The quantitative estimate of drug-likeness (QED) is 0.676. The van der Waals surface area contributed by atoms with Gasteiger partial charge in [0.15, 0.2) is 0 Å². The van der Waals surface area contributed by atoms with Gasteiger partial charge in [-0.05, 0) is 35.9 Å². The molecule has 19 heavy (non-hydrogen) atoms. The van der Waals surface area contributed by atoms with Gasteiger partial charge < -0.3 is 9.15 Å². The SMILES string of the molecule is COc1ccc(-c2ccco2)cc1-c1ccccc1. The van der Waals surface area contributed by atoms with Crippen molar-refractivity contribution in [2.24, 2.45) is 0 Å². The van der Waals surface area contributed by atoms with Crippen LogP contribution in [0.3, 0.4) is 0 Å². The number of benzene rings is 2. The number of rotatable bonds is 3. The Morgan fingerprint density at radius 3 is 2.37 bits per heavy atom. The Balaban J connectivity index is 2.14. The molecule has 0 saturated carbocycles. The third-order valence-electron chi connectivity index (χ3n) is 3.09. The molecule has 94 valence electrons. The summed E-state index contributed by atoms with van der Waals surface area (Å²) < 4.78 is 10.9. The molecule has 0 aliphatic carbocycles. The van der Waals surface area contributed by atoms with E-state index in [1.807, 2.05) is 42.5 Å². The Morgan fingerprint density at radius 1 is 0.842 bits per heavy atom. The van der Waals surface area contributed by atoms with Gasteiger partial charge in [-0.15, -0.1) is 0 Å². The number of hydrogen-bond donors (Lipinski definition) is 0. The van der Waals surface area contributed by atoms with Gasteiger partial charge in [0.1, 0.15) is 11.5 Å². The van der Waals surface area contributed by atoms with E-state index in [0.717, 1.165) is 28.2 Å². The highest BCUT2D eigenvalue weighted by molar-refractivity contribution is 5.76. The number of hydrogen-bond acceptors (Lipinski definition) is 2. The summed E-state index contributed by atoms with van der Waals surface area (Å²) in [6.07, 6.45) is 1.68. The Bertz CT molecular complexity index is 655. The maximum absolute atomic E-state index is 5.44. The van der Waals surface area contributed by atoms with Crippen molar-refractivity contribution in [3.8, 4) is 28.2 Å². The zero-order chi connectivity index (χ0) is 13.1. The molecular weight excluding hydrogens is 236 g/mol. The Labute approximate surface area is 112 Å². The van der Waals surface area contributed by atoms with Gasteiger partial charge in [-0.2, -0.15) is 0 Å². The fourth-order valence-electron chi connectivity index (χ4n) is 2.15. The molecule has 1 aromatic heterocycles. The highest BCUT2D eigenvalue weighted by Gasteiger charge is 2.09. The summed E-state index contributed by atoms with van der Waals surface area (Å²) in [5.41, 5.74) is 3.24. The molecule has 0 amide bonds. The van der Waals surface area contributed by atoms with E-state index >= 15 is 0 Å². The largest absolute Gasteiger partial charge is 0.496 e. The monoisotopic (exact) mass is 250 g/mol. The first-order valence-electron chi connectivity index (χ1n) is 6.16. The minimum absolute atomic E-state index is 0.861. The van der Waals surface area contributed by atoms with Gasteiger partial charge in [0.05, 0.1) is 13.4 Å². The fraction of sp³-hybridized carbons (Fsp3) is 0.0588. The molecule has 0 radical (unpaired) electrons. The van der Waals surface area contributed by atoms with E-state index in [0.29, 0.717) is 0 Å². The van der Waals surface area contributed by atoms with Crippen LogP contribution in [0.2, 0.25) is 0 Å². The highest BCUT2D eigenvalue weighted by atomic mass is 16.5. The lowest BCUT2D eigenvalue weighted by atomic mass is 10.0. The summed E-state index contributed by atoms with van der Waals surface area (Å²) >= 11 is 0. The predicted molar refractivity (Wildman–Crippen MR) is 76.1 cm³/mol. The molecule has 0 spiro atoms. The van der Waals surface area contributed by atoms with Crippen LogP contribution >= 0.6 is 0 Å². The van der Waals surface area contributed by atoms with E-state index in [1.165, 1.54) is 0 Å². The summed E-state index contributed by atoms with van der Waals surface area (Å²) in [5.74, 6) is 1.72. The molecule has 0 unspecified atom stereocenters. The van der Waals surface area contributed by atoms with Gasteiger partial charge in [-0.1, -0.05) is 30.3 Å². The third-order valence-corrected chi connectivity index (χ3v) is 3.09. The van der Waals surface area contributed by atoms with E-state index in [4.69, 9.17) is 9.15 Å². The second-order valence-electron chi connectivity index (χ2n) is 4.26. The lowest BCUT2D eigenvalue weighted by Gasteiger charge is -2.10. The smallest absolute Gasteiger partial charge is 0.133 e. The molecule has 3 rings (SSSR count). The van der Waals surface area contributed by atoms with E-state index in [1.54, 1.807) is 13.4 Å². The van der Waals surface area contributed by atoms with Gasteiger partial charge in [-0.25, -0.2) is 0 Å². The number of furan rings is 1. The van der Waals surface area contributed by atoms with Crippen molar-refractivity contribution in [2.75, 3.05) is 7.11 Å². The van der Waals surface area contributed by atoms with Crippen molar-refractivity contribution in [3.63, 3.8) is 0 Å². The Morgan fingerprint density at radius 2 is 1.68 bits per heavy atom. The molecule has 0 N–H and O–H groups in total. The van der Waals surface area contributed by atoms with Gasteiger partial charge in [0.2, 0.25) is 0 Å². The molecular formula is C17H14O2. The summed E-state index contributed by atoms with van der Waals surface area (Å²) in [5, 5.41) is 0. The van der Waals surface area contributed by atoms with Gasteiger partial charge in [0.25, 0.3) is 0 Å². The minimum atomic E-state index is 0.861. The Kier molecular flexibility index (Phi) is 3.07. The molecule has 2 heteroatoms. The van der Waals surface area contributed by atoms with Crippen molar-refractivity contribution in [1.82, 2.24) is 0 Å². The van der Waals surface area contributed by atoms with Crippen LogP contribution in [0.5, 0.6) is 5.75 Å². The van der Waals surface area contributed by atoms with Crippen molar-refractivity contribution < 1.29 is 9.15 Å². The van der Waals surface area contributed by atoms with E-state index in [9.17, 15) is 0 Å². The van der Waals surface area contributed by atoms with E-state index < -0.39 is 0 Å². The van der Waals surface area contributed by atoms with Crippen molar-refractivity contribution in [2.45, 2.75) is 0 Å². The zero-order valence-corrected chi connectivity index (χ0v) is 10.7. The average Bonchev–Trinajstić information content (AvgIpc) is 3.02. The van der Waals surface area contributed by atoms with Crippen LogP contribution in [-0.4, -0.2) is 7.11 Å². The average molecular weight is 250 g/mol. The van der Waals surface area contributed by atoms with Crippen LogP contribution in [0.15, 0.2) is 71.3 Å². The lowest BCUT2D eigenvalue weighted by molar-refractivity contribution is 0.416. The normalized spacial score (nSPS) is 10.4. The number of ether oxygens (including phenoxy) is 1. The number of methoxy groups -OCH3 is 1. The predicted octanol–water partition coefficient (Wildman–Crippen LogP) is 4.62. The first-order valence-corrected chi connectivity index (χ1v) is 6.16. The topological polar surface area (TPSA) is 22.4 Å². The van der Waals surface area contributed by atoms with Crippen LogP contribution < -0.4 is 4.74 Å². The Hall–Kier alpha value is -2.48. The fourth-order valence-corrected chi connectivity index (χ4v) is 2.15. The molecule has 0 atom stereocenters. The molecule has 0 saturated heterocycles. The first-order chi connectivity index (χ1) is 9.38. The van der Waals surface area contributed by atoms with Crippen molar-refractivity contribution >= 4 is 0 Å². The van der Waals surface area contributed by atoms with Gasteiger partial charge in [0, 0.05) is 11.1 Å². The van der Waals surface area contributed by atoms with Crippen LogP contribution in [0, 0.1) is 0 Å². The molecule has 2 aromatic carbocycles. The van der Waals surface area contributed by atoms with E-state index in [-0.39, 0.29) is 0 Å². The molecule has 3 aromatic rings. The van der Waals surface area contributed by atoms with Crippen LogP contribution in [0.25, 0.3) is 22.5 Å². The summed E-state index contributed by atoms with van der Waals surface area (Å²) in [6, 6.07) is 20.1. The molecule has 0 fully saturated rings.